The molecule has 54 valence electrons. The summed E-state index contributed by atoms with van der Waals surface area (Å²) in [5.41, 5.74) is 5.76. The highest BCUT2D eigenvalue weighted by molar-refractivity contribution is 4.74. The van der Waals surface area contributed by atoms with E-state index in [2.05, 4.69) is 6.92 Å². The third-order valence-electron chi connectivity index (χ3n) is 2.07. The summed E-state index contributed by atoms with van der Waals surface area (Å²) in [5, 5.41) is 0. The highest BCUT2D eigenvalue weighted by Crippen LogP contribution is 2.16. The van der Waals surface area contributed by atoms with Gasteiger partial charge in [0.1, 0.15) is 0 Å². The summed E-state index contributed by atoms with van der Waals surface area (Å²) >= 11 is 0. The van der Waals surface area contributed by atoms with Crippen molar-refractivity contribution in [3.63, 3.8) is 0 Å². The fraction of sp³-hybridized carbons (Fsp3) is 1.00. The first-order chi connectivity index (χ1) is 4.34. The molecular formula is C7H15NO. The van der Waals surface area contributed by atoms with Crippen LogP contribution < -0.4 is 5.73 Å². The van der Waals surface area contributed by atoms with E-state index >= 15 is 0 Å². The van der Waals surface area contributed by atoms with Crippen LogP contribution in [0.5, 0.6) is 0 Å². The molecule has 0 bridgehead atoms. The summed E-state index contributed by atoms with van der Waals surface area (Å²) in [5.74, 6) is 0.707. The van der Waals surface area contributed by atoms with E-state index < -0.39 is 0 Å². The fourth-order valence-electron chi connectivity index (χ4n) is 1.31. The fourth-order valence-corrected chi connectivity index (χ4v) is 1.31. The van der Waals surface area contributed by atoms with Crippen molar-refractivity contribution in [1.82, 2.24) is 0 Å². The van der Waals surface area contributed by atoms with Gasteiger partial charge in [0.15, 0.2) is 0 Å². The molecule has 1 aliphatic rings. The van der Waals surface area contributed by atoms with Crippen molar-refractivity contribution in [3.8, 4) is 0 Å². The van der Waals surface area contributed by atoms with Crippen molar-refractivity contribution >= 4 is 0 Å². The monoisotopic (exact) mass is 129 g/mol. The molecular weight excluding hydrogens is 114 g/mol. The van der Waals surface area contributed by atoms with Crippen LogP contribution in [0.15, 0.2) is 0 Å². The standard InChI is InChI=1S/C7H15NO/c1-2-6-3-4-9-5-7(6)8/h6-7H,2-5,8H2,1H3/t6-,7+/m0/s1. The predicted molar refractivity (Wildman–Crippen MR) is 37.2 cm³/mol. The van der Waals surface area contributed by atoms with Crippen LogP contribution >= 0.6 is 0 Å². The van der Waals surface area contributed by atoms with Crippen LogP contribution in [-0.4, -0.2) is 19.3 Å². The minimum atomic E-state index is 0.295. The van der Waals surface area contributed by atoms with E-state index in [9.17, 15) is 0 Å². The maximum atomic E-state index is 5.76. The molecule has 0 unspecified atom stereocenters. The zero-order valence-corrected chi connectivity index (χ0v) is 5.97. The number of hydrogen-bond donors (Lipinski definition) is 1. The summed E-state index contributed by atoms with van der Waals surface area (Å²) in [6, 6.07) is 0.295. The third-order valence-corrected chi connectivity index (χ3v) is 2.07. The van der Waals surface area contributed by atoms with Crippen LogP contribution in [0.4, 0.5) is 0 Å². The summed E-state index contributed by atoms with van der Waals surface area (Å²) in [6.07, 6.45) is 2.35. The first-order valence-corrected chi connectivity index (χ1v) is 3.68. The molecule has 0 saturated carbocycles. The van der Waals surface area contributed by atoms with E-state index in [1.165, 1.54) is 6.42 Å². The topological polar surface area (TPSA) is 35.2 Å². The minimum Gasteiger partial charge on any atom is -0.380 e. The molecule has 1 fully saturated rings. The van der Waals surface area contributed by atoms with Crippen molar-refractivity contribution in [2.75, 3.05) is 13.2 Å². The van der Waals surface area contributed by atoms with Crippen LogP contribution in [0.2, 0.25) is 0 Å². The minimum absolute atomic E-state index is 0.295. The van der Waals surface area contributed by atoms with E-state index in [-0.39, 0.29) is 0 Å². The normalized spacial score (nSPS) is 36.7. The molecule has 0 radical (unpaired) electrons. The summed E-state index contributed by atoms with van der Waals surface area (Å²) in [6.45, 7) is 3.86. The van der Waals surface area contributed by atoms with E-state index in [1.54, 1.807) is 0 Å². The number of hydrogen-bond acceptors (Lipinski definition) is 2. The van der Waals surface area contributed by atoms with Crippen molar-refractivity contribution in [1.29, 1.82) is 0 Å². The Bertz CT molecular complexity index is 85.0. The van der Waals surface area contributed by atoms with Gasteiger partial charge < -0.3 is 10.5 Å². The van der Waals surface area contributed by atoms with Gasteiger partial charge in [-0.2, -0.15) is 0 Å². The molecule has 0 spiro atoms. The quantitative estimate of drug-likeness (QED) is 0.567. The van der Waals surface area contributed by atoms with Crippen LogP contribution in [-0.2, 0) is 4.74 Å². The maximum Gasteiger partial charge on any atom is 0.0620 e. The zero-order chi connectivity index (χ0) is 6.69. The Hall–Kier alpha value is -0.0800. The Morgan fingerprint density at radius 3 is 2.89 bits per heavy atom. The molecule has 1 heterocycles. The van der Waals surface area contributed by atoms with Crippen molar-refractivity contribution in [2.45, 2.75) is 25.8 Å². The summed E-state index contributed by atoms with van der Waals surface area (Å²) < 4.78 is 5.19. The Balaban J connectivity index is 2.30. The third kappa shape index (κ3) is 1.66. The largest absolute Gasteiger partial charge is 0.380 e. The number of rotatable bonds is 1. The SMILES string of the molecule is CC[C@H]1CCOC[C@H]1N. The van der Waals surface area contributed by atoms with Crippen LogP contribution in [0.25, 0.3) is 0 Å². The van der Waals surface area contributed by atoms with E-state index in [0.29, 0.717) is 12.0 Å². The molecule has 1 rings (SSSR count). The number of ether oxygens (including phenoxy) is 1. The first-order valence-electron chi connectivity index (χ1n) is 3.68. The molecule has 0 amide bonds. The van der Waals surface area contributed by atoms with Gasteiger partial charge in [0, 0.05) is 12.6 Å². The van der Waals surface area contributed by atoms with Crippen molar-refractivity contribution < 1.29 is 4.74 Å². The Morgan fingerprint density at radius 2 is 2.44 bits per heavy atom. The highest BCUT2D eigenvalue weighted by atomic mass is 16.5. The lowest BCUT2D eigenvalue weighted by atomic mass is 9.93. The summed E-state index contributed by atoms with van der Waals surface area (Å²) in [4.78, 5) is 0. The van der Waals surface area contributed by atoms with Gasteiger partial charge in [0.2, 0.25) is 0 Å². The van der Waals surface area contributed by atoms with Gasteiger partial charge in [0.05, 0.1) is 6.61 Å². The molecule has 1 aliphatic heterocycles. The second kappa shape index (κ2) is 3.18. The lowest BCUT2D eigenvalue weighted by Gasteiger charge is -2.27. The smallest absolute Gasteiger partial charge is 0.0620 e. The van der Waals surface area contributed by atoms with Gasteiger partial charge in [-0.05, 0) is 12.3 Å². The predicted octanol–water partition coefficient (Wildman–Crippen LogP) is 0.760. The molecule has 1 saturated heterocycles. The Morgan fingerprint density at radius 1 is 1.67 bits per heavy atom. The van der Waals surface area contributed by atoms with E-state index in [1.807, 2.05) is 0 Å². The highest BCUT2D eigenvalue weighted by Gasteiger charge is 2.19. The Labute approximate surface area is 56.4 Å². The number of nitrogens with two attached hydrogens (primary N) is 1. The molecule has 0 aliphatic carbocycles. The van der Waals surface area contributed by atoms with Gasteiger partial charge in [-0.15, -0.1) is 0 Å². The van der Waals surface area contributed by atoms with Gasteiger partial charge >= 0.3 is 0 Å². The van der Waals surface area contributed by atoms with Gasteiger partial charge in [-0.1, -0.05) is 13.3 Å². The van der Waals surface area contributed by atoms with Crippen LogP contribution in [0.3, 0.4) is 0 Å². The van der Waals surface area contributed by atoms with E-state index in [4.69, 9.17) is 10.5 Å². The molecule has 9 heavy (non-hydrogen) atoms. The molecule has 2 N–H and O–H groups in total. The van der Waals surface area contributed by atoms with Gasteiger partial charge in [-0.3, -0.25) is 0 Å². The van der Waals surface area contributed by atoms with Gasteiger partial charge in [0.25, 0.3) is 0 Å². The second-order valence-corrected chi connectivity index (χ2v) is 2.70. The van der Waals surface area contributed by atoms with E-state index in [0.717, 1.165) is 19.6 Å². The van der Waals surface area contributed by atoms with Crippen molar-refractivity contribution in [2.24, 2.45) is 11.7 Å². The lowest BCUT2D eigenvalue weighted by Crippen LogP contribution is -2.39. The Kier molecular flexibility index (Phi) is 2.49. The second-order valence-electron chi connectivity index (χ2n) is 2.70. The average molecular weight is 129 g/mol. The molecule has 2 heteroatoms. The molecule has 2 atom stereocenters. The zero-order valence-electron chi connectivity index (χ0n) is 5.97. The molecule has 0 aromatic carbocycles. The maximum absolute atomic E-state index is 5.76. The molecule has 0 aromatic rings. The van der Waals surface area contributed by atoms with Crippen LogP contribution in [0, 0.1) is 5.92 Å². The summed E-state index contributed by atoms with van der Waals surface area (Å²) in [7, 11) is 0. The van der Waals surface area contributed by atoms with Gasteiger partial charge in [-0.25, -0.2) is 0 Å². The van der Waals surface area contributed by atoms with Crippen molar-refractivity contribution in [3.05, 3.63) is 0 Å². The first kappa shape index (κ1) is 7.03. The lowest BCUT2D eigenvalue weighted by molar-refractivity contribution is 0.0480. The molecule has 0 aromatic heterocycles. The average Bonchev–Trinajstić information content (AvgIpc) is 1.89. The molecule has 2 nitrogen and oxygen atoms in total. The van der Waals surface area contributed by atoms with Crippen LogP contribution in [0.1, 0.15) is 19.8 Å².